The van der Waals surface area contributed by atoms with Gasteiger partial charge in [-0.15, -0.1) is 0 Å². The van der Waals surface area contributed by atoms with Crippen LogP contribution in [0.3, 0.4) is 0 Å². The van der Waals surface area contributed by atoms with E-state index in [2.05, 4.69) is 15.0 Å². The zero-order valence-corrected chi connectivity index (χ0v) is 10.8. The molecule has 106 valence electrons. The highest BCUT2D eigenvalue weighted by Gasteiger charge is 2.19. The van der Waals surface area contributed by atoms with Crippen molar-refractivity contribution in [1.29, 1.82) is 0 Å². The Morgan fingerprint density at radius 1 is 1.24 bits per heavy atom. The molecular weight excluding hydrogens is 280 g/mol. The lowest BCUT2D eigenvalue weighted by molar-refractivity contribution is 0.0697. The third-order valence-electron chi connectivity index (χ3n) is 3.02. The van der Waals surface area contributed by atoms with E-state index in [-0.39, 0.29) is 17.0 Å². The number of nitrogens with one attached hydrogen (secondary N) is 1. The molecule has 3 aromatic rings. The van der Waals surface area contributed by atoms with Gasteiger partial charge in [0.1, 0.15) is 5.82 Å². The lowest BCUT2D eigenvalue weighted by Gasteiger charge is -2.04. The van der Waals surface area contributed by atoms with Crippen LogP contribution in [-0.4, -0.2) is 26.0 Å². The number of aromatic carboxylic acids is 1. The minimum absolute atomic E-state index is 0.0305. The van der Waals surface area contributed by atoms with E-state index in [1.807, 2.05) is 6.92 Å². The first-order valence-corrected chi connectivity index (χ1v) is 6.01. The molecule has 0 aliphatic carbocycles. The zero-order chi connectivity index (χ0) is 15.1. The molecule has 0 aliphatic rings. The molecule has 0 atom stereocenters. The molecule has 2 aromatic heterocycles. The molecule has 5 nitrogen and oxygen atoms in total. The maximum atomic E-state index is 13.4. The second-order valence-electron chi connectivity index (χ2n) is 4.59. The van der Waals surface area contributed by atoms with E-state index in [1.165, 1.54) is 0 Å². The summed E-state index contributed by atoms with van der Waals surface area (Å²) in [4.78, 5) is 22.3. The van der Waals surface area contributed by atoms with Gasteiger partial charge in [0.25, 0.3) is 0 Å². The smallest absolute Gasteiger partial charge is 0.336 e. The van der Waals surface area contributed by atoms with Crippen LogP contribution in [0.4, 0.5) is 8.78 Å². The van der Waals surface area contributed by atoms with Gasteiger partial charge in [0.05, 0.1) is 11.1 Å². The fraction of sp³-hybridized carbons (Fsp3) is 0.0714. The van der Waals surface area contributed by atoms with Crippen LogP contribution in [0.2, 0.25) is 0 Å². The number of imidazole rings is 1. The van der Waals surface area contributed by atoms with Crippen molar-refractivity contribution in [2.45, 2.75) is 6.92 Å². The fourth-order valence-corrected chi connectivity index (χ4v) is 2.05. The molecule has 0 bridgehead atoms. The van der Waals surface area contributed by atoms with E-state index in [9.17, 15) is 13.6 Å². The Balaban J connectivity index is 2.26. The summed E-state index contributed by atoms with van der Waals surface area (Å²) >= 11 is 0. The predicted molar refractivity (Wildman–Crippen MR) is 70.9 cm³/mol. The van der Waals surface area contributed by atoms with E-state index < -0.39 is 17.6 Å². The first kappa shape index (κ1) is 13.2. The molecule has 21 heavy (non-hydrogen) atoms. The van der Waals surface area contributed by atoms with Crippen molar-refractivity contribution < 1.29 is 18.7 Å². The SMILES string of the molecule is Cc1cnc2nc(-c3cc(F)c(F)cc3C(=O)O)[nH]c2c1. The molecule has 3 rings (SSSR count). The van der Waals surface area contributed by atoms with E-state index in [4.69, 9.17) is 5.11 Å². The number of hydrogen-bond donors (Lipinski definition) is 2. The van der Waals surface area contributed by atoms with E-state index in [1.54, 1.807) is 12.3 Å². The third kappa shape index (κ3) is 2.22. The van der Waals surface area contributed by atoms with Crippen molar-refractivity contribution in [3.8, 4) is 11.4 Å². The average molecular weight is 289 g/mol. The van der Waals surface area contributed by atoms with Gasteiger partial charge in [-0.1, -0.05) is 0 Å². The number of nitrogens with zero attached hydrogens (tertiary/aromatic N) is 2. The molecule has 2 heterocycles. The van der Waals surface area contributed by atoms with Crippen LogP contribution in [0.15, 0.2) is 24.4 Å². The second-order valence-corrected chi connectivity index (χ2v) is 4.59. The summed E-state index contributed by atoms with van der Waals surface area (Å²) in [7, 11) is 0. The molecule has 2 N–H and O–H groups in total. The number of aryl methyl sites for hydroxylation is 1. The predicted octanol–water partition coefficient (Wildman–Crippen LogP) is 2.91. The van der Waals surface area contributed by atoms with E-state index in [0.717, 1.165) is 11.6 Å². The molecule has 0 aliphatic heterocycles. The minimum atomic E-state index is -1.37. The fourth-order valence-electron chi connectivity index (χ4n) is 2.05. The van der Waals surface area contributed by atoms with Gasteiger partial charge >= 0.3 is 5.97 Å². The molecule has 0 unspecified atom stereocenters. The van der Waals surface area contributed by atoms with Gasteiger partial charge in [0.15, 0.2) is 17.3 Å². The number of carboxylic acids is 1. The third-order valence-corrected chi connectivity index (χ3v) is 3.02. The zero-order valence-electron chi connectivity index (χ0n) is 10.8. The van der Waals surface area contributed by atoms with Crippen LogP contribution in [0.1, 0.15) is 15.9 Å². The summed E-state index contributed by atoms with van der Waals surface area (Å²) in [6.45, 7) is 1.84. The van der Waals surface area contributed by atoms with Crippen LogP contribution >= 0.6 is 0 Å². The van der Waals surface area contributed by atoms with Crippen molar-refractivity contribution >= 4 is 17.1 Å². The Hall–Kier alpha value is -2.83. The van der Waals surface area contributed by atoms with Crippen LogP contribution < -0.4 is 0 Å². The Labute approximate surface area is 117 Å². The first-order chi connectivity index (χ1) is 9.95. The number of rotatable bonds is 2. The van der Waals surface area contributed by atoms with Crippen molar-refractivity contribution in [3.05, 3.63) is 47.2 Å². The van der Waals surface area contributed by atoms with Crippen LogP contribution in [0, 0.1) is 18.6 Å². The van der Waals surface area contributed by atoms with Gasteiger partial charge in [-0.25, -0.2) is 23.5 Å². The van der Waals surface area contributed by atoms with Crippen molar-refractivity contribution in [3.63, 3.8) is 0 Å². The average Bonchev–Trinajstić information content (AvgIpc) is 2.83. The number of benzene rings is 1. The second kappa shape index (κ2) is 4.62. The van der Waals surface area contributed by atoms with Crippen LogP contribution in [0.25, 0.3) is 22.6 Å². The van der Waals surface area contributed by atoms with Gasteiger partial charge in [0.2, 0.25) is 0 Å². The van der Waals surface area contributed by atoms with Gasteiger partial charge < -0.3 is 10.1 Å². The number of aromatic amines is 1. The summed E-state index contributed by atoms with van der Waals surface area (Å²) in [5.41, 5.74) is 1.45. The van der Waals surface area contributed by atoms with Gasteiger partial charge in [0, 0.05) is 11.8 Å². The molecule has 0 spiro atoms. The van der Waals surface area contributed by atoms with Crippen molar-refractivity contribution in [2.24, 2.45) is 0 Å². The lowest BCUT2D eigenvalue weighted by atomic mass is 10.1. The normalized spacial score (nSPS) is 11.0. The van der Waals surface area contributed by atoms with Crippen LogP contribution in [0.5, 0.6) is 0 Å². The summed E-state index contributed by atoms with van der Waals surface area (Å²) in [6.07, 6.45) is 1.61. The number of halogens is 2. The van der Waals surface area contributed by atoms with Crippen molar-refractivity contribution in [1.82, 2.24) is 15.0 Å². The monoisotopic (exact) mass is 289 g/mol. The standard InChI is InChI=1S/C14H9F2N3O2/c1-6-2-11-13(17-5-6)19-12(18-11)7-3-9(15)10(16)4-8(7)14(20)21/h2-5H,1H3,(H,20,21)(H,17,18,19). The quantitative estimate of drug-likeness (QED) is 0.760. The topological polar surface area (TPSA) is 78.9 Å². The maximum absolute atomic E-state index is 13.4. The van der Waals surface area contributed by atoms with Gasteiger partial charge in [-0.2, -0.15) is 0 Å². The molecular formula is C14H9F2N3O2. The summed E-state index contributed by atoms with van der Waals surface area (Å²) in [5.74, 6) is -3.60. The van der Waals surface area contributed by atoms with E-state index >= 15 is 0 Å². The highest BCUT2D eigenvalue weighted by Crippen LogP contribution is 2.26. The van der Waals surface area contributed by atoms with Gasteiger partial charge in [-0.3, -0.25) is 0 Å². The molecule has 0 saturated heterocycles. The number of hydrogen-bond acceptors (Lipinski definition) is 3. The highest BCUT2D eigenvalue weighted by molar-refractivity contribution is 5.95. The number of fused-ring (bicyclic) bond motifs is 1. The lowest BCUT2D eigenvalue weighted by Crippen LogP contribution is -2.03. The molecule has 0 fully saturated rings. The Kier molecular flexibility index (Phi) is 2.90. The number of aromatic nitrogens is 3. The molecule has 0 saturated carbocycles. The highest BCUT2D eigenvalue weighted by atomic mass is 19.2. The van der Waals surface area contributed by atoms with Crippen molar-refractivity contribution in [2.75, 3.05) is 0 Å². The number of carboxylic acid groups (broad SMARTS) is 1. The maximum Gasteiger partial charge on any atom is 0.336 e. The first-order valence-electron chi connectivity index (χ1n) is 6.01. The number of carbonyl (C=O) groups is 1. The number of pyridine rings is 1. The Morgan fingerprint density at radius 3 is 2.67 bits per heavy atom. The largest absolute Gasteiger partial charge is 0.478 e. The van der Waals surface area contributed by atoms with Gasteiger partial charge in [-0.05, 0) is 30.7 Å². The van der Waals surface area contributed by atoms with E-state index in [0.29, 0.717) is 17.2 Å². The summed E-state index contributed by atoms with van der Waals surface area (Å²) in [6, 6.07) is 3.22. The molecule has 7 heteroatoms. The number of H-pyrrole nitrogens is 1. The summed E-state index contributed by atoms with van der Waals surface area (Å²) in [5, 5.41) is 9.11. The Morgan fingerprint density at radius 2 is 1.95 bits per heavy atom. The molecule has 1 aromatic carbocycles. The van der Waals surface area contributed by atoms with Crippen LogP contribution in [-0.2, 0) is 0 Å². The Bertz CT molecular complexity index is 874. The summed E-state index contributed by atoms with van der Waals surface area (Å²) < 4.78 is 26.6. The molecule has 0 radical (unpaired) electrons. The minimum Gasteiger partial charge on any atom is -0.478 e. The molecule has 0 amide bonds.